The van der Waals surface area contributed by atoms with E-state index in [0.29, 0.717) is 33.7 Å². The number of anilines is 1. The Morgan fingerprint density at radius 2 is 1.90 bits per heavy atom. The zero-order valence-corrected chi connectivity index (χ0v) is 13.5. The molecule has 1 unspecified atom stereocenters. The molecule has 0 bridgehead atoms. The van der Waals surface area contributed by atoms with Crippen LogP contribution < -0.4 is 11.1 Å². The van der Waals surface area contributed by atoms with Crippen molar-refractivity contribution in [3.05, 3.63) is 28.2 Å². The highest BCUT2D eigenvalue weighted by Gasteiger charge is 2.11. The number of para-hydroxylation sites is 1. The number of thioether (sulfide) groups is 1. The molecule has 0 aliphatic heterocycles. The molecule has 1 atom stereocenters. The molecular formula is C13H16Cl2N2O3S. The molecule has 1 rings (SSSR count). The van der Waals surface area contributed by atoms with E-state index < -0.39 is 12.0 Å². The van der Waals surface area contributed by atoms with Gasteiger partial charge in [-0.15, -0.1) is 0 Å². The minimum atomic E-state index is -1.01. The standard InChI is InChI=1S/C13H16Cl2N2O3S/c14-8-2-1-3-9(15)12(8)17-11(18)5-7-21-6-4-10(16)13(19)20/h1-3,10H,4-7,16H2,(H,17,18)(H,19,20). The second-order valence-electron chi connectivity index (χ2n) is 4.24. The van der Waals surface area contributed by atoms with E-state index in [2.05, 4.69) is 5.32 Å². The number of carbonyl (C=O) groups is 2. The summed E-state index contributed by atoms with van der Waals surface area (Å²) in [5.74, 6) is -0.0462. The van der Waals surface area contributed by atoms with Gasteiger partial charge in [-0.25, -0.2) is 0 Å². The zero-order chi connectivity index (χ0) is 15.8. The molecule has 0 fully saturated rings. The molecular weight excluding hydrogens is 335 g/mol. The largest absolute Gasteiger partial charge is 0.480 e. The van der Waals surface area contributed by atoms with E-state index in [1.165, 1.54) is 11.8 Å². The second-order valence-corrected chi connectivity index (χ2v) is 6.28. The fraction of sp³-hybridized carbons (Fsp3) is 0.385. The summed E-state index contributed by atoms with van der Waals surface area (Å²) in [4.78, 5) is 22.3. The summed E-state index contributed by atoms with van der Waals surface area (Å²) < 4.78 is 0. The summed E-state index contributed by atoms with van der Waals surface area (Å²) in [6.45, 7) is 0. The molecule has 0 aliphatic carbocycles. The molecule has 1 aromatic carbocycles. The van der Waals surface area contributed by atoms with E-state index in [1.54, 1.807) is 18.2 Å². The third kappa shape index (κ3) is 6.56. The van der Waals surface area contributed by atoms with Crippen molar-refractivity contribution in [3.8, 4) is 0 Å². The molecule has 0 heterocycles. The van der Waals surface area contributed by atoms with Gasteiger partial charge in [-0.05, 0) is 24.3 Å². The topological polar surface area (TPSA) is 92.4 Å². The first kappa shape index (κ1) is 18.1. The number of halogens is 2. The maximum atomic E-state index is 11.8. The highest BCUT2D eigenvalue weighted by atomic mass is 35.5. The van der Waals surface area contributed by atoms with Gasteiger partial charge >= 0.3 is 5.97 Å². The minimum Gasteiger partial charge on any atom is -0.480 e. The Kier molecular flexibility index (Phi) is 7.88. The van der Waals surface area contributed by atoms with Crippen molar-refractivity contribution in [1.82, 2.24) is 0 Å². The molecule has 0 aliphatic rings. The number of nitrogens with two attached hydrogens (primary N) is 1. The fourth-order valence-electron chi connectivity index (χ4n) is 1.42. The molecule has 0 aromatic heterocycles. The average Bonchev–Trinajstić information content (AvgIpc) is 2.42. The number of carbonyl (C=O) groups excluding carboxylic acids is 1. The first-order valence-electron chi connectivity index (χ1n) is 6.21. The van der Waals surface area contributed by atoms with Crippen molar-refractivity contribution >= 4 is 52.5 Å². The van der Waals surface area contributed by atoms with Gasteiger partial charge in [0.15, 0.2) is 0 Å². The Morgan fingerprint density at radius 1 is 1.29 bits per heavy atom. The lowest BCUT2D eigenvalue weighted by Gasteiger charge is -2.09. The normalized spacial score (nSPS) is 12.0. The van der Waals surface area contributed by atoms with Crippen molar-refractivity contribution in [3.63, 3.8) is 0 Å². The van der Waals surface area contributed by atoms with Crippen molar-refractivity contribution < 1.29 is 14.7 Å². The molecule has 0 saturated carbocycles. The van der Waals surface area contributed by atoms with Gasteiger partial charge in [-0.1, -0.05) is 29.3 Å². The smallest absolute Gasteiger partial charge is 0.320 e. The lowest BCUT2D eigenvalue weighted by atomic mass is 10.2. The fourth-order valence-corrected chi connectivity index (χ4v) is 2.87. The highest BCUT2D eigenvalue weighted by molar-refractivity contribution is 7.99. The van der Waals surface area contributed by atoms with Gasteiger partial charge in [-0.2, -0.15) is 11.8 Å². The number of hydrogen-bond acceptors (Lipinski definition) is 4. The van der Waals surface area contributed by atoms with Gasteiger partial charge in [0.05, 0.1) is 15.7 Å². The monoisotopic (exact) mass is 350 g/mol. The third-order valence-electron chi connectivity index (χ3n) is 2.59. The Hall–Kier alpha value is -0.950. The number of amides is 1. The Morgan fingerprint density at radius 3 is 2.48 bits per heavy atom. The van der Waals surface area contributed by atoms with Gasteiger partial charge in [0.2, 0.25) is 5.91 Å². The number of carboxylic acid groups (broad SMARTS) is 1. The Balaban J connectivity index is 2.27. The van der Waals surface area contributed by atoms with Crippen LogP contribution in [-0.2, 0) is 9.59 Å². The summed E-state index contributed by atoms with van der Waals surface area (Å²) in [6.07, 6.45) is 0.659. The van der Waals surface area contributed by atoms with Crippen molar-refractivity contribution in [2.45, 2.75) is 18.9 Å². The molecule has 1 amide bonds. The number of carboxylic acids is 1. The lowest BCUT2D eigenvalue weighted by molar-refractivity contribution is -0.138. The SMILES string of the molecule is NC(CCSCCC(=O)Nc1c(Cl)cccc1Cl)C(=O)O. The van der Waals surface area contributed by atoms with Gasteiger partial charge in [0, 0.05) is 12.2 Å². The van der Waals surface area contributed by atoms with E-state index >= 15 is 0 Å². The molecule has 116 valence electrons. The van der Waals surface area contributed by atoms with Crippen LogP contribution in [0.5, 0.6) is 0 Å². The Labute approximate surface area is 137 Å². The van der Waals surface area contributed by atoms with Gasteiger partial charge < -0.3 is 16.2 Å². The summed E-state index contributed by atoms with van der Waals surface area (Å²) >= 11 is 13.4. The molecule has 8 heteroatoms. The predicted octanol–water partition coefficient (Wildman–Crippen LogP) is 2.86. The third-order valence-corrected chi connectivity index (χ3v) is 4.24. The van der Waals surface area contributed by atoms with Crippen LogP contribution in [0.25, 0.3) is 0 Å². The van der Waals surface area contributed by atoms with Crippen LogP contribution in [-0.4, -0.2) is 34.5 Å². The number of rotatable bonds is 8. The summed E-state index contributed by atoms with van der Waals surface area (Å²) in [6, 6.07) is 4.13. The molecule has 0 radical (unpaired) electrons. The van der Waals surface area contributed by atoms with E-state index in [0.717, 1.165) is 0 Å². The van der Waals surface area contributed by atoms with E-state index in [-0.39, 0.29) is 12.3 Å². The summed E-state index contributed by atoms with van der Waals surface area (Å²) in [5.41, 5.74) is 5.78. The average molecular weight is 351 g/mol. The van der Waals surface area contributed by atoms with Gasteiger partial charge in [0.1, 0.15) is 6.04 Å². The number of nitrogens with one attached hydrogen (secondary N) is 1. The van der Waals surface area contributed by atoms with E-state index in [4.69, 9.17) is 34.0 Å². The van der Waals surface area contributed by atoms with E-state index in [9.17, 15) is 9.59 Å². The molecule has 0 saturated heterocycles. The first-order chi connectivity index (χ1) is 9.91. The van der Waals surface area contributed by atoms with Crippen LogP contribution in [0.4, 0.5) is 5.69 Å². The minimum absolute atomic E-state index is 0.194. The quantitative estimate of drug-likeness (QED) is 0.627. The number of benzene rings is 1. The summed E-state index contributed by atoms with van der Waals surface area (Å²) in [5, 5.41) is 12.1. The van der Waals surface area contributed by atoms with Crippen molar-refractivity contribution in [2.24, 2.45) is 5.73 Å². The lowest BCUT2D eigenvalue weighted by Crippen LogP contribution is -2.30. The number of hydrogen-bond donors (Lipinski definition) is 3. The highest BCUT2D eigenvalue weighted by Crippen LogP contribution is 2.29. The molecule has 4 N–H and O–H groups in total. The molecule has 0 spiro atoms. The van der Waals surface area contributed by atoms with Crippen LogP contribution in [0, 0.1) is 0 Å². The summed E-state index contributed by atoms with van der Waals surface area (Å²) in [7, 11) is 0. The van der Waals surface area contributed by atoms with Crippen molar-refractivity contribution in [1.29, 1.82) is 0 Å². The van der Waals surface area contributed by atoms with Crippen LogP contribution in [0.1, 0.15) is 12.8 Å². The molecule has 21 heavy (non-hydrogen) atoms. The van der Waals surface area contributed by atoms with Crippen LogP contribution in [0.3, 0.4) is 0 Å². The van der Waals surface area contributed by atoms with E-state index in [1.807, 2.05) is 0 Å². The van der Waals surface area contributed by atoms with Gasteiger partial charge in [-0.3, -0.25) is 9.59 Å². The Bertz CT molecular complexity index is 494. The predicted molar refractivity (Wildman–Crippen MR) is 87.3 cm³/mol. The first-order valence-corrected chi connectivity index (χ1v) is 8.13. The van der Waals surface area contributed by atoms with Crippen molar-refractivity contribution in [2.75, 3.05) is 16.8 Å². The van der Waals surface area contributed by atoms with Crippen LogP contribution in [0.2, 0.25) is 10.0 Å². The molecule has 5 nitrogen and oxygen atoms in total. The number of aliphatic carboxylic acids is 1. The maximum absolute atomic E-state index is 11.8. The maximum Gasteiger partial charge on any atom is 0.320 e. The molecule has 1 aromatic rings. The van der Waals surface area contributed by atoms with Crippen LogP contribution >= 0.6 is 35.0 Å². The van der Waals surface area contributed by atoms with Crippen LogP contribution in [0.15, 0.2) is 18.2 Å². The second kappa shape index (κ2) is 9.15. The zero-order valence-electron chi connectivity index (χ0n) is 11.1. The van der Waals surface area contributed by atoms with Gasteiger partial charge in [0.25, 0.3) is 0 Å².